The fraction of sp³-hybridized carbons (Fsp3) is 0.812. The summed E-state index contributed by atoms with van der Waals surface area (Å²) in [5.74, 6) is 0.539. The normalized spacial score (nSPS) is 31.8. The second-order valence-corrected chi connectivity index (χ2v) is 6.77. The topological polar surface area (TPSA) is 73.2 Å². The van der Waals surface area contributed by atoms with Crippen LogP contribution in [0.4, 0.5) is 0 Å². The lowest BCUT2D eigenvalue weighted by Gasteiger charge is -2.44. The van der Waals surface area contributed by atoms with Gasteiger partial charge in [-0.15, -0.1) is 0 Å². The SMILES string of the molecule is N#CC1(C(=O)N2CCC3NC(=O)CCC3C2)CCCCC1. The van der Waals surface area contributed by atoms with Crippen LogP contribution in [0.15, 0.2) is 0 Å². The van der Waals surface area contributed by atoms with E-state index in [1.54, 1.807) is 0 Å². The molecule has 2 saturated heterocycles. The molecule has 3 aliphatic rings. The first-order chi connectivity index (χ1) is 10.1. The molecule has 1 aliphatic carbocycles. The standard InChI is InChI=1S/C16H23N3O2/c17-11-16(7-2-1-3-8-16)15(21)19-9-6-13-12(10-19)4-5-14(20)18-13/h12-13H,1-10H2,(H,18,20). The molecule has 2 atom stereocenters. The minimum absolute atomic E-state index is 0.0417. The van der Waals surface area contributed by atoms with Gasteiger partial charge in [0.1, 0.15) is 5.41 Å². The highest BCUT2D eigenvalue weighted by Crippen LogP contribution is 2.38. The highest BCUT2D eigenvalue weighted by atomic mass is 16.2. The Labute approximate surface area is 125 Å². The lowest BCUT2D eigenvalue weighted by molar-refractivity contribution is -0.143. The van der Waals surface area contributed by atoms with Crippen molar-refractivity contribution in [3.05, 3.63) is 0 Å². The third-order valence-electron chi connectivity index (χ3n) is 5.44. The Morgan fingerprint density at radius 1 is 1.29 bits per heavy atom. The number of nitrogens with one attached hydrogen (secondary N) is 1. The molecule has 3 fully saturated rings. The summed E-state index contributed by atoms with van der Waals surface area (Å²) in [7, 11) is 0. The van der Waals surface area contributed by atoms with Gasteiger partial charge in [0.25, 0.3) is 0 Å². The maximum atomic E-state index is 12.9. The number of nitrogens with zero attached hydrogens (tertiary/aromatic N) is 2. The van der Waals surface area contributed by atoms with Gasteiger partial charge in [0.2, 0.25) is 11.8 Å². The van der Waals surface area contributed by atoms with Crippen molar-refractivity contribution >= 4 is 11.8 Å². The Hall–Kier alpha value is -1.57. The predicted molar refractivity (Wildman–Crippen MR) is 77.0 cm³/mol. The van der Waals surface area contributed by atoms with E-state index in [0.717, 1.165) is 32.1 Å². The van der Waals surface area contributed by atoms with E-state index in [4.69, 9.17) is 0 Å². The molecule has 2 amide bonds. The van der Waals surface area contributed by atoms with E-state index in [2.05, 4.69) is 11.4 Å². The smallest absolute Gasteiger partial charge is 0.243 e. The van der Waals surface area contributed by atoms with Crippen LogP contribution in [0, 0.1) is 22.7 Å². The largest absolute Gasteiger partial charge is 0.353 e. The summed E-state index contributed by atoms with van der Waals surface area (Å²) in [5, 5.41) is 12.6. The van der Waals surface area contributed by atoms with Crippen LogP contribution in [0.3, 0.4) is 0 Å². The summed E-state index contributed by atoms with van der Waals surface area (Å²) in [6.45, 7) is 1.37. The molecule has 3 rings (SSSR count). The van der Waals surface area contributed by atoms with Crippen LogP contribution < -0.4 is 5.32 Å². The molecule has 0 bridgehead atoms. The number of fused-ring (bicyclic) bond motifs is 1. The van der Waals surface area contributed by atoms with Crippen LogP contribution >= 0.6 is 0 Å². The molecular formula is C16H23N3O2. The van der Waals surface area contributed by atoms with Crippen LogP contribution in [-0.2, 0) is 9.59 Å². The van der Waals surface area contributed by atoms with Gasteiger partial charge in [0, 0.05) is 25.6 Å². The third kappa shape index (κ3) is 2.64. The van der Waals surface area contributed by atoms with Gasteiger partial charge >= 0.3 is 0 Å². The highest BCUT2D eigenvalue weighted by Gasteiger charge is 2.45. The van der Waals surface area contributed by atoms with Crippen molar-refractivity contribution < 1.29 is 9.59 Å². The molecule has 0 aromatic rings. The summed E-state index contributed by atoms with van der Waals surface area (Å²) in [5.41, 5.74) is -0.775. The molecule has 0 aromatic heterocycles. The lowest BCUT2D eigenvalue weighted by atomic mass is 9.73. The number of carbonyl (C=O) groups excluding carboxylic acids is 2. The molecule has 0 aromatic carbocycles. The van der Waals surface area contributed by atoms with E-state index in [1.807, 2.05) is 4.90 Å². The zero-order chi connectivity index (χ0) is 14.9. The average Bonchev–Trinajstić information content (AvgIpc) is 2.54. The van der Waals surface area contributed by atoms with E-state index in [-0.39, 0.29) is 17.9 Å². The number of hydrogen-bond donors (Lipinski definition) is 1. The van der Waals surface area contributed by atoms with Crippen molar-refractivity contribution in [1.82, 2.24) is 10.2 Å². The molecule has 0 radical (unpaired) electrons. The summed E-state index contributed by atoms with van der Waals surface area (Å²) in [6.07, 6.45) is 6.77. The van der Waals surface area contributed by atoms with Gasteiger partial charge in [-0.3, -0.25) is 9.59 Å². The van der Waals surface area contributed by atoms with Gasteiger partial charge in [-0.2, -0.15) is 5.26 Å². The molecule has 2 unspecified atom stereocenters. The van der Waals surface area contributed by atoms with Crippen molar-refractivity contribution in [3.8, 4) is 6.07 Å². The molecule has 2 heterocycles. The van der Waals surface area contributed by atoms with Gasteiger partial charge in [-0.05, 0) is 31.6 Å². The lowest BCUT2D eigenvalue weighted by Crippen LogP contribution is -2.57. The van der Waals surface area contributed by atoms with Crippen molar-refractivity contribution in [2.24, 2.45) is 11.3 Å². The van der Waals surface area contributed by atoms with E-state index >= 15 is 0 Å². The Morgan fingerprint density at radius 3 is 2.76 bits per heavy atom. The molecule has 1 N–H and O–H groups in total. The van der Waals surface area contributed by atoms with Crippen molar-refractivity contribution in [1.29, 1.82) is 5.26 Å². The molecule has 114 valence electrons. The van der Waals surface area contributed by atoms with Crippen LogP contribution in [0.1, 0.15) is 51.4 Å². The molecule has 21 heavy (non-hydrogen) atoms. The van der Waals surface area contributed by atoms with Crippen LogP contribution in [0.2, 0.25) is 0 Å². The maximum absolute atomic E-state index is 12.9. The number of nitriles is 1. The Bertz CT molecular complexity index is 476. The quantitative estimate of drug-likeness (QED) is 0.796. The Balaban J connectivity index is 1.68. The third-order valence-corrected chi connectivity index (χ3v) is 5.44. The second kappa shape index (κ2) is 5.67. The first-order valence-corrected chi connectivity index (χ1v) is 8.15. The fourth-order valence-electron chi connectivity index (χ4n) is 4.13. The number of amides is 2. The fourth-order valence-corrected chi connectivity index (χ4v) is 4.13. The van der Waals surface area contributed by atoms with Gasteiger partial charge in [-0.25, -0.2) is 0 Å². The van der Waals surface area contributed by atoms with Crippen molar-refractivity contribution in [3.63, 3.8) is 0 Å². The minimum atomic E-state index is -0.775. The first kappa shape index (κ1) is 14.4. The van der Waals surface area contributed by atoms with Crippen LogP contribution in [-0.4, -0.2) is 35.8 Å². The molecule has 0 spiro atoms. The molecule has 5 heteroatoms. The number of hydrogen-bond acceptors (Lipinski definition) is 3. The Morgan fingerprint density at radius 2 is 2.05 bits per heavy atom. The van der Waals surface area contributed by atoms with Gasteiger partial charge in [-0.1, -0.05) is 19.3 Å². The first-order valence-electron chi connectivity index (χ1n) is 8.15. The maximum Gasteiger partial charge on any atom is 0.243 e. The van der Waals surface area contributed by atoms with E-state index in [0.29, 0.717) is 38.3 Å². The zero-order valence-corrected chi connectivity index (χ0v) is 12.4. The monoisotopic (exact) mass is 289 g/mol. The zero-order valence-electron chi connectivity index (χ0n) is 12.4. The summed E-state index contributed by atoms with van der Waals surface area (Å²) >= 11 is 0. The minimum Gasteiger partial charge on any atom is -0.353 e. The van der Waals surface area contributed by atoms with Crippen molar-refractivity contribution in [2.45, 2.75) is 57.4 Å². The number of piperidine rings is 2. The van der Waals surface area contributed by atoms with Gasteiger partial charge < -0.3 is 10.2 Å². The average molecular weight is 289 g/mol. The van der Waals surface area contributed by atoms with E-state index in [1.165, 1.54) is 0 Å². The van der Waals surface area contributed by atoms with E-state index in [9.17, 15) is 14.9 Å². The van der Waals surface area contributed by atoms with Crippen LogP contribution in [0.25, 0.3) is 0 Å². The van der Waals surface area contributed by atoms with E-state index < -0.39 is 5.41 Å². The summed E-state index contributed by atoms with van der Waals surface area (Å²) < 4.78 is 0. The Kier molecular flexibility index (Phi) is 3.88. The van der Waals surface area contributed by atoms with Gasteiger partial charge in [0.15, 0.2) is 0 Å². The number of likely N-dealkylation sites (tertiary alicyclic amines) is 1. The summed E-state index contributed by atoms with van der Waals surface area (Å²) in [6, 6.07) is 2.55. The van der Waals surface area contributed by atoms with Crippen molar-refractivity contribution in [2.75, 3.05) is 13.1 Å². The molecule has 1 saturated carbocycles. The predicted octanol–water partition coefficient (Wildman–Crippen LogP) is 1.59. The molecular weight excluding hydrogens is 266 g/mol. The molecule has 2 aliphatic heterocycles. The van der Waals surface area contributed by atoms with Gasteiger partial charge in [0.05, 0.1) is 6.07 Å². The number of rotatable bonds is 1. The van der Waals surface area contributed by atoms with Crippen LogP contribution in [0.5, 0.6) is 0 Å². The summed E-state index contributed by atoms with van der Waals surface area (Å²) in [4.78, 5) is 26.2. The molecule has 5 nitrogen and oxygen atoms in total. The second-order valence-electron chi connectivity index (χ2n) is 6.77. The highest BCUT2D eigenvalue weighted by molar-refractivity contribution is 5.86. The number of carbonyl (C=O) groups is 2.